The first-order valence-electron chi connectivity index (χ1n) is 6.33. The van der Waals surface area contributed by atoms with Crippen molar-refractivity contribution >= 4 is 0 Å². The molecule has 0 aromatic carbocycles. The van der Waals surface area contributed by atoms with Gasteiger partial charge in [-0.15, -0.1) is 0 Å². The van der Waals surface area contributed by atoms with Gasteiger partial charge in [0.05, 0.1) is 0 Å². The second kappa shape index (κ2) is 4.34. The van der Waals surface area contributed by atoms with E-state index in [2.05, 4.69) is 13.0 Å². The van der Waals surface area contributed by atoms with Gasteiger partial charge in [0.1, 0.15) is 17.5 Å². The van der Waals surface area contributed by atoms with Gasteiger partial charge in [-0.2, -0.15) is 0 Å². The highest BCUT2D eigenvalue weighted by Gasteiger charge is 2.49. The van der Waals surface area contributed by atoms with Crippen molar-refractivity contribution in [3.63, 3.8) is 0 Å². The van der Waals surface area contributed by atoms with E-state index < -0.39 is 5.60 Å². The van der Waals surface area contributed by atoms with Crippen molar-refractivity contribution in [1.29, 1.82) is 0 Å². The van der Waals surface area contributed by atoms with Gasteiger partial charge in [0.15, 0.2) is 0 Å². The predicted octanol–water partition coefficient (Wildman–Crippen LogP) is 3.34. The molecule has 1 heterocycles. The van der Waals surface area contributed by atoms with Crippen LogP contribution in [0.25, 0.3) is 0 Å². The minimum absolute atomic E-state index is 0.0514. The number of rotatable bonds is 1. The van der Waals surface area contributed by atoms with Crippen molar-refractivity contribution in [1.82, 2.24) is 0 Å². The fraction of sp³-hybridized carbons (Fsp3) is 0.600. The van der Waals surface area contributed by atoms with Crippen molar-refractivity contribution < 1.29 is 9.84 Å². The van der Waals surface area contributed by atoms with Crippen LogP contribution in [0.3, 0.4) is 0 Å². The van der Waals surface area contributed by atoms with E-state index in [4.69, 9.17) is 4.74 Å². The van der Waals surface area contributed by atoms with E-state index in [1.165, 1.54) is 11.1 Å². The van der Waals surface area contributed by atoms with Crippen LogP contribution < -0.4 is 0 Å². The Hall–Kier alpha value is -1.02. The Morgan fingerprint density at radius 1 is 1.53 bits per heavy atom. The van der Waals surface area contributed by atoms with Gasteiger partial charge < -0.3 is 9.84 Å². The SMILES string of the molecule is CC(C)=C/C=C1/OC2C=C(C)CCC2C1(C)O. The van der Waals surface area contributed by atoms with Crippen LogP contribution in [0.4, 0.5) is 0 Å². The summed E-state index contributed by atoms with van der Waals surface area (Å²) in [5.74, 6) is 0.905. The Morgan fingerprint density at radius 3 is 2.88 bits per heavy atom. The van der Waals surface area contributed by atoms with Crippen LogP contribution in [-0.4, -0.2) is 16.8 Å². The molecule has 1 N–H and O–H groups in total. The van der Waals surface area contributed by atoms with Gasteiger partial charge in [0, 0.05) is 5.92 Å². The molecule has 0 aromatic rings. The van der Waals surface area contributed by atoms with Crippen LogP contribution >= 0.6 is 0 Å². The quantitative estimate of drug-likeness (QED) is 0.705. The largest absolute Gasteiger partial charge is 0.487 e. The number of hydrogen-bond donors (Lipinski definition) is 1. The van der Waals surface area contributed by atoms with Crippen LogP contribution in [0, 0.1) is 5.92 Å². The van der Waals surface area contributed by atoms with Crippen LogP contribution in [0.15, 0.2) is 35.1 Å². The van der Waals surface area contributed by atoms with Crippen molar-refractivity contribution in [2.75, 3.05) is 0 Å². The molecule has 3 atom stereocenters. The van der Waals surface area contributed by atoms with E-state index in [1.807, 2.05) is 32.9 Å². The second-order valence-electron chi connectivity index (χ2n) is 5.66. The molecule has 2 aliphatic rings. The van der Waals surface area contributed by atoms with Gasteiger partial charge in [-0.05, 0) is 52.7 Å². The molecule has 2 heteroatoms. The molecule has 3 unspecified atom stereocenters. The second-order valence-corrected chi connectivity index (χ2v) is 5.66. The Kier molecular flexibility index (Phi) is 3.17. The van der Waals surface area contributed by atoms with Crippen molar-refractivity contribution in [3.05, 3.63) is 35.1 Å². The molecule has 2 nitrogen and oxygen atoms in total. The Balaban J connectivity index is 2.29. The average Bonchev–Trinajstić information content (AvgIpc) is 2.46. The summed E-state index contributed by atoms with van der Waals surface area (Å²) in [7, 11) is 0. The molecule has 1 saturated heterocycles. The summed E-state index contributed by atoms with van der Waals surface area (Å²) < 4.78 is 5.89. The molecule has 1 aliphatic carbocycles. The lowest BCUT2D eigenvalue weighted by Gasteiger charge is -2.28. The van der Waals surface area contributed by atoms with Gasteiger partial charge in [-0.3, -0.25) is 0 Å². The first kappa shape index (κ1) is 12.4. The number of allylic oxidation sites excluding steroid dienone is 4. The lowest BCUT2D eigenvalue weighted by atomic mass is 9.78. The van der Waals surface area contributed by atoms with Crippen molar-refractivity contribution in [2.45, 2.75) is 52.2 Å². The fourth-order valence-corrected chi connectivity index (χ4v) is 2.64. The molecule has 0 aromatic heterocycles. The monoisotopic (exact) mass is 234 g/mol. The van der Waals surface area contributed by atoms with Gasteiger partial charge in [-0.25, -0.2) is 0 Å². The third-order valence-corrected chi connectivity index (χ3v) is 3.75. The third-order valence-electron chi connectivity index (χ3n) is 3.75. The number of hydrogen-bond acceptors (Lipinski definition) is 2. The first-order valence-corrected chi connectivity index (χ1v) is 6.33. The summed E-state index contributed by atoms with van der Waals surface area (Å²) in [5.41, 5.74) is 1.75. The molecule has 0 bridgehead atoms. The van der Waals surface area contributed by atoms with Crippen LogP contribution in [-0.2, 0) is 4.74 Å². The van der Waals surface area contributed by atoms with Crippen molar-refractivity contribution in [3.8, 4) is 0 Å². The summed E-state index contributed by atoms with van der Waals surface area (Å²) in [6, 6.07) is 0. The zero-order chi connectivity index (χ0) is 12.6. The summed E-state index contributed by atoms with van der Waals surface area (Å²) >= 11 is 0. The lowest BCUT2D eigenvalue weighted by Crippen LogP contribution is -2.35. The fourth-order valence-electron chi connectivity index (χ4n) is 2.64. The summed E-state index contributed by atoms with van der Waals surface area (Å²) in [5, 5.41) is 10.6. The average molecular weight is 234 g/mol. The Morgan fingerprint density at radius 2 is 2.24 bits per heavy atom. The maximum absolute atomic E-state index is 10.6. The van der Waals surface area contributed by atoms with E-state index >= 15 is 0 Å². The Labute approximate surface area is 104 Å². The van der Waals surface area contributed by atoms with E-state index in [1.54, 1.807) is 0 Å². The van der Waals surface area contributed by atoms with Crippen LogP contribution in [0.5, 0.6) is 0 Å². The van der Waals surface area contributed by atoms with Gasteiger partial charge in [-0.1, -0.05) is 17.2 Å². The molecule has 0 spiro atoms. The molecule has 0 radical (unpaired) electrons. The molecular formula is C15H22O2. The van der Waals surface area contributed by atoms with Gasteiger partial charge >= 0.3 is 0 Å². The highest BCUT2D eigenvalue weighted by molar-refractivity contribution is 5.28. The van der Waals surface area contributed by atoms with Crippen LogP contribution in [0.2, 0.25) is 0 Å². The van der Waals surface area contributed by atoms with Gasteiger partial charge in [0.2, 0.25) is 0 Å². The number of fused-ring (bicyclic) bond motifs is 1. The summed E-state index contributed by atoms with van der Waals surface area (Å²) in [6.07, 6.45) is 8.19. The van der Waals surface area contributed by atoms with Gasteiger partial charge in [0.25, 0.3) is 0 Å². The minimum Gasteiger partial charge on any atom is -0.487 e. The summed E-state index contributed by atoms with van der Waals surface area (Å²) in [6.45, 7) is 8.08. The molecule has 94 valence electrons. The predicted molar refractivity (Wildman–Crippen MR) is 69.5 cm³/mol. The lowest BCUT2D eigenvalue weighted by molar-refractivity contribution is 0.0470. The van der Waals surface area contributed by atoms with E-state index in [9.17, 15) is 5.11 Å². The first-order chi connectivity index (χ1) is 7.91. The van der Waals surface area contributed by atoms with E-state index in [-0.39, 0.29) is 12.0 Å². The Bertz CT molecular complexity index is 395. The molecule has 0 saturated carbocycles. The summed E-state index contributed by atoms with van der Waals surface area (Å²) in [4.78, 5) is 0. The zero-order valence-corrected chi connectivity index (χ0v) is 11.2. The molecule has 2 rings (SSSR count). The van der Waals surface area contributed by atoms with Crippen LogP contribution in [0.1, 0.15) is 40.5 Å². The maximum atomic E-state index is 10.6. The standard InChI is InChI=1S/C15H22O2/c1-10(2)5-8-14-15(4,16)12-7-6-11(3)9-13(12)17-14/h5,8-9,12-13,16H,6-7H2,1-4H3/b14-8+. The molecule has 1 fully saturated rings. The highest BCUT2D eigenvalue weighted by atomic mass is 16.5. The minimum atomic E-state index is -0.826. The number of aliphatic hydroxyl groups is 1. The van der Waals surface area contributed by atoms with E-state index in [0.29, 0.717) is 5.76 Å². The zero-order valence-electron chi connectivity index (χ0n) is 11.2. The maximum Gasteiger partial charge on any atom is 0.129 e. The molecule has 1 aliphatic heterocycles. The third kappa shape index (κ3) is 2.32. The molecule has 0 amide bonds. The number of ether oxygens (including phenoxy) is 1. The van der Waals surface area contributed by atoms with Crippen molar-refractivity contribution in [2.24, 2.45) is 5.92 Å². The van der Waals surface area contributed by atoms with E-state index in [0.717, 1.165) is 12.8 Å². The highest BCUT2D eigenvalue weighted by Crippen LogP contribution is 2.45. The molecular weight excluding hydrogens is 212 g/mol. The topological polar surface area (TPSA) is 29.5 Å². The molecule has 17 heavy (non-hydrogen) atoms. The smallest absolute Gasteiger partial charge is 0.129 e. The normalized spacial score (nSPS) is 38.4.